The minimum absolute atomic E-state index is 0.305. The lowest BCUT2D eigenvalue weighted by molar-refractivity contribution is -0.123. The fraction of sp³-hybridized carbons (Fsp3) is 0.235. The lowest BCUT2D eigenvalue weighted by atomic mass is 10.2. The maximum Gasteiger partial charge on any atom is 0.340 e. The number of nitrogens with one attached hydrogen (secondary N) is 1. The molecule has 6 heteroatoms. The molecule has 1 unspecified atom stereocenters. The maximum atomic E-state index is 12.1. The van der Waals surface area contributed by atoms with Gasteiger partial charge in [-0.25, -0.2) is 4.79 Å². The smallest absolute Gasteiger partial charge is 0.340 e. The zero-order valence-corrected chi connectivity index (χ0v) is 13.2. The van der Waals surface area contributed by atoms with Gasteiger partial charge in [-0.2, -0.15) is 0 Å². The number of carbonyl (C=O) groups is 2. The van der Waals surface area contributed by atoms with Gasteiger partial charge in [-0.05, 0) is 50.2 Å². The van der Waals surface area contributed by atoms with E-state index in [1.807, 2.05) is 6.92 Å². The molecule has 120 valence electrons. The third kappa shape index (κ3) is 4.54. The van der Waals surface area contributed by atoms with Crippen molar-refractivity contribution in [3.8, 4) is 5.75 Å². The highest BCUT2D eigenvalue weighted by Gasteiger charge is 2.19. The first-order valence-corrected chi connectivity index (χ1v) is 7.08. The van der Waals surface area contributed by atoms with Crippen molar-refractivity contribution < 1.29 is 19.1 Å². The van der Waals surface area contributed by atoms with E-state index in [9.17, 15) is 9.59 Å². The highest BCUT2D eigenvalue weighted by Crippen LogP contribution is 2.15. The fourth-order valence-electron chi connectivity index (χ4n) is 1.79. The van der Waals surface area contributed by atoms with Crippen molar-refractivity contribution in [1.82, 2.24) is 4.98 Å². The Kier molecular flexibility index (Phi) is 5.30. The van der Waals surface area contributed by atoms with Gasteiger partial charge in [0.25, 0.3) is 5.91 Å². The van der Waals surface area contributed by atoms with Gasteiger partial charge in [-0.1, -0.05) is 0 Å². The average molecular weight is 314 g/mol. The quantitative estimate of drug-likeness (QED) is 0.858. The zero-order valence-electron chi connectivity index (χ0n) is 13.2. The van der Waals surface area contributed by atoms with E-state index in [0.29, 0.717) is 17.0 Å². The summed E-state index contributed by atoms with van der Waals surface area (Å²) >= 11 is 0. The molecule has 2 aromatic rings. The van der Waals surface area contributed by atoms with Crippen LogP contribution in [0.25, 0.3) is 0 Å². The van der Waals surface area contributed by atoms with E-state index in [0.717, 1.165) is 5.69 Å². The number of aryl methyl sites for hydroxylation is 1. The van der Waals surface area contributed by atoms with Crippen LogP contribution in [0.5, 0.6) is 5.75 Å². The zero-order chi connectivity index (χ0) is 16.8. The molecule has 0 saturated heterocycles. The van der Waals surface area contributed by atoms with Gasteiger partial charge >= 0.3 is 5.97 Å². The lowest BCUT2D eigenvalue weighted by Crippen LogP contribution is -2.30. The predicted octanol–water partition coefficient (Wildman–Crippen LogP) is 2.58. The summed E-state index contributed by atoms with van der Waals surface area (Å²) < 4.78 is 10.2. The number of hydrogen-bond donors (Lipinski definition) is 1. The maximum absolute atomic E-state index is 12.1. The van der Waals surface area contributed by atoms with Crippen LogP contribution < -0.4 is 10.1 Å². The Labute approximate surface area is 134 Å². The molecule has 23 heavy (non-hydrogen) atoms. The Balaban J connectivity index is 1.93. The first kappa shape index (κ1) is 16.5. The molecule has 1 atom stereocenters. The third-order valence-electron chi connectivity index (χ3n) is 3.16. The number of methoxy groups -OCH3 is 1. The van der Waals surface area contributed by atoms with Crippen LogP contribution in [0.2, 0.25) is 0 Å². The highest BCUT2D eigenvalue weighted by atomic mass is 16.5. The molecule has 6 nitrogen and oxygen atoms in total. The van der Waals surface area contributed by atoms with Gasteiger partial charge in [-0.3, -0.25) is 9.78 Å². The molecule has 1 aromatic heterocycles. The van der Waals surface area contributed by atoms with E-state index in [1.165, 1.54) is 13.1 Å². The molecule has 0 aliphatic heterocycles. The number of carbonyl (C=O) groups excluding carboxylic acids is 2. The van der Waals surface area contributed by atoms with E-state index in [1.54, 1.807) is 43.5 Å². The SMILES string of the molecule is COc1ccc(NC(=O)C(C)OC(=O)c2ccc(C)nc2)cc1. The molecular formula is C17H18N2O4. The van der Waals surface area contributed by atoms with Crippen LogP contribution in [-0.2, 0) is 9.53 Å². The summed E-state index contributed by atoms with van der Waals surface area (Å²) in [5, 5.41) is 2.67. The minimum Gasteiger partial charge on any atom is -0.497 e. The van der Waals surface area contributed by atoms with Gasteiger partial charge in [-0.15, -0.1) is 0 Å². The number of anilines is 1. The molecule has 0 spiro atoms. The number of benzene rings is 1. The summed E-state index contributed by atoms with van der Waals surface area (Å²) in [6, 6.07) is 10.2. The van der Waals surface area contributed by atoms with Gasteiger partial charge in [0, 0.05) is 17.6 Å². The summed E-state index contributed by atoms with van der Waals surface area (Å²) in [6.45, 7) is 3.33. The number of ether oxygens (including phenoxy) is 2. The Bertz CT molecular complexity index is 681. The van der Waals surface area contributed by atoms with Crippen molar-refractivity contribution in [3.05, 3.63) is 53.9 Å². The van der Waals surface area contributed by atoms with Gasteiger partial charge in [0.2, 0.25) is 0 Å². The number of pyridine rings is 1. The Morgan fingerprint density at radius 3 is 2.39 bits per heavy atom. The monoisotopic (exact) mass is 314 g/mol. The fourth-order valence-corrected chi connectivity index (χ4v) is 1.79. The Morgan fingerprint density at radius 1 is 1.13 bits per heavy atom. The molecule has 0 aliphatic carbocycles. The first-order valence-electron chi connectivity index (χ1n) is 7.08. The van der Waals surface area contributed by atoms with Crippen molar-refractivity contribution in [2.24, 2.45) is 0 Å². The lowest BCUT2D eigenvalue weighted by Gasteiger charge is -2.13. The Hall–Kier alpha value is -2.89. The van der Waals surface area contributed by atoms with Crippen molar-refractivity contribution >= 4 is 17.6 Å². The van der Waals surface area contributed by atoms with E-state index in [4.69, 9.17) is 9.47 Å². The van der Waals surface area contributed by atoms with E-state index >= 15 is 0 Å². The van der Waals surface area contributed by atoms with Gasteiger partial charge in [0.15, 0.2) is 6.10 Å². The molecule has 0 aliphatic rings. The number of hydrogen-bond acceptors (Lipinski definition) is 5. The average Bonchev–Trinajstić information content (AvgIpc) is 2.56. The summed E-state index contributed by atoms with van der Waals surface area (Å²) in [6.07, 6.45) is 0.497. The molecule has 1 N–H and O–H groups in total. The predicted molar refractivity (Wildman–Crippen MR) is 85.5 cm³/mol. The van der Waals surface area contributed by atoms with Crippen LogP contribution in [0.3, 0.4) is 0 Å². The molecule has 0 radical (unpaired) electrons. The number of aromatic nitrogens is 1. The summed E-state index contributed by atoms with van der Waals surface area (Å²) in [5.74, 6) is -0.312. The largest absolute Gasteiger partial charge is 0.497 e. The Morgan fingerprint density at radius 2 is 1.83 bits per heavy atom. The van der Waals surface area contributed by atoms with Gasteiger partial charge in [0.1, 0.15) is 5.75 Å². The van der Waals surface area contributed by atoms with Gasteiger partial charge < -0.3 is 14.8 Å². The molecule has 1 amide bonds. The summed E-state index contributed by atoms with van der Waals surface area (Å²) in [7, 11) is 1.56. The van der Waals surface area contributed by atoms with Crippen LogP contribution in [0.1, 0.15) is 23.0 Å². The molecule has 0 fully saturated rings. The molecule has 2 rings (SSSR count). The van der Waals surface area contributed by atoms with Crippen molar-refractivity contribution in [2.45, 2.75) is 20.0 Å². The minimum atomic E-state index is -0.925. The van der Waals surface area contributed by atoms with Crippen LogP contribution >= 0.6 is 0 Å². The molecule has 1 heterocycles. The first-order chi connectivity index (χ1) is 11.0. The molecule has 0 saturated carbocycles. The van der Waals surface area contributed by atoms with E-state index < -0.39 is 18.0 Å². The van der Waals surface area contributed by atoms with Crippen molar-refractivity contribution in [3.63, 3.8) is 0 Å². The topological polar surface area (TPSA) is 77.5 Å². The van der Waals surface area contributed by atoms with Crippen molar-refractivity contribution in [1.29, 1.82) is 0 Å². The number of amides is 1. The van der Waals surface area contributed by atoms with Crippen LogP contribution in [-0.4, -0.2) is 30.1 Å². The van der Waals surface area contributed by atoms with Crippen LogP contribution in [0.15, 0.2) is 42.6 Å². The summed E-state index contributed by atoms with van der Waals surface area (Å²) in [5.41, 5.74) is 1.70. The third-order valence-corrected chi connectivity index (χ3v) is 3.16. The second kappa shape index (κ2) is 7.40. The highest BCUT2D eigenvalue weighted by molar-refractivity contribution is 5.97. The van der Waals surface area contributed by atoms with Crippen LogP contribution in [0.4, 0.5) is 5.69 Å². The second-order valence-electron chi connectivity index (χ2n) is 4.95. The van der Waals surface area contributed by atoms with E-state index in [2.05, 4.69) is 10.3 Å². The summed E-state index contributed by atoms with van der Waals surface area (Å²) in [4.78, 5) is 28.0. The molecule has 0 bridgehead atoms. The number of rotatable bonds is 5. The van der Waals surface area contributed by atoms with Gasteiger partial charge in [0.05, 0.1) is 12.7 Å². The van der Waals surface area contributed by atoms with Crippen LogP contribution in [0, 0.1) is 6.92 Å². The second-order valence-corrected chi connectivity index (χ2v) is 4.95. The standard InChI is InChI=1S/C17H18N2O4/c1-11-4-5-13(10-18-11)17(21)23-12(2)16(20)19-14-6-8-15(22-3)9-7-14/h4-10,12H,1-3H3,(H,19,20). The number of esters is 1. The van der Waals surface area contributed by atoms with Crippen molar-refractivity contribution in [2.75, 3.05) is 12.4 Å². The number of nitrogens with zero attached hydrogens (tertiary/aromatic N) is 1. The molecule has 1 aromatic carbocycles. The van der Waals surface area contributed by atoms with E-state index in [-0.39, 0.29) is 0 Å². The normalized spacial score (nSPS) is 11.4. The molecular weight excluding hydrogens is 296 g/mol.